The van der Waals surface area contributed by atoms with Gasteiger partial charge in [0.1, 0.15) is 22.8 Å². The second kappa shape index (κ2) is 8.83. The van der Waals surface area contributed by atoms with Crippen molar-refractivity contribution >= 4 is 29.1 Å². The number of halogens is 5. The highest BCUT2D eigenvalue weighted by molar-refractivity contribution is 6.30. The van der Waals surface area contributed by atoms with Gasteiger partial charge in [-0.05, 0) is 55.0 Å². The molecular weight excluding hydrogens is 454 g/mol. The van der Waals surface area contributed by atoms with Crippen molar-refractivity contribution in [2.45, 2.75) is 13.1 Å². The molecule has 0 unspecified atom stereocenters. The first kappa shape index (κ1) is 23.0. The van der Waals surface area contributed by atoms with E-state index in [-0.39, 0.29) is 17.1 Å². The third kappa shape index (κ3) is 4.97. The summed E-state index contributed by atoms with van der Waals surface area (Å²) in [6, 6.07) is 8.08. The number of ether oxygens (including phenoxy) is 1. The Morgan fingerprint density at radius 1 is 1.09 bits per heavy atom. The van der Waals surface area contributed by atoms with Crippen LogP contribution >= 0.6 is 11.6 Å². The summed E-state index contributed by atoms with van der Waals surface area (Å²) in [7, 11) is 0. The van der Waals surface area contributed by atoms with Crippen LogP contribution in [-0.4, -0.2) is 16.8 Å². The number of hydrogen-bond acceptors (Lipinski definition) is 4. The lowest BCUT2D eigenvalue weighted by molar-refractivity contribution is -0.140. The minimum atomic E-state index is -5.05. The third-order valence-electron chi connectivity index (χ3n) is 4.26. The quantitative estimate of drug-likeness (QED) is 0.495. The molecule has 0 atom stereocenters. The number of anilines is 1. The number of benzene rings is 2. The molecule has 0 aliphatic rings. The molecule has 6 nitrogen and oxygen atoms in total. The molecule has 0 saturated heterocycles. The zero-order valence-corrected chi connectivity index (χ0v) is 17.0. The van der Waals surface area contributed by atoms with E-state index in [2.05, 4.69) is 10.3 Å². The van der Waals surface area contributed by atoms with Crippen molar-refractivity contribution in [3.8, 4) is 11.5 Å². The Morgan fingerprint density at radius 2 is 1.78 bits per heavy atom. The van der Waals surface area contributed by atoms with Crippen LogP contribution in [0.25, 0.3) is 0 Å². The predicted molar refractivity (Wildman–Crippen MR) is 108 cm³/mol. The summed E-state index contributed by atoms with van der Waals surface area (Å²) in [6.45, 7) is 1.61. The molecule has 3 rings (SSSR count). The fourth-order valence-corrected chi connectivity index (χ4v) is 2.98. The van der Waals surface area contributed by atoms with Gasteiger partial charge in [0.15, 0.2) is 5.82 Å². The third-order valence-corrected chi connectivity index (χ3v) is 4.50. The van der Waals surface area contributed by atoms with Gasteiger partial charge in [-0.25, -0.2) is 4.39 Å². The molecule has 166 valence electrons. The average molecular weight is 468 g/mol. The predicted octanol–water partition coefficient (Wildman–Crippen LogP) is 5.34. The summed E-state index contributed by atoms with van der Waals surface area (Å²) in [5.41, 5.74) is 2.76. The van der Waals surface area contributed by atoms with E-state index in [0.717, 1.165) is 18.3 Å². The number of aromatic nitrogens is 1. The molecule has 11 heteroatoms. The van der Waals surface area contributed by atoms with Gasteiger partial charge >= 0.3 is 6.18 Å². The number of hydrogen-bond donors (Lipinski definition) is 2. The van der Waals surface area contributed by atoms with Crippen LogP contribution in [0.1, 0.15) is 32.0 Å². The lowest BCUT2D eigenvalue weighted by Crippen LogP contribution is -2.19. The number of primary amides is 1. The molecule has 0 fully saturated rings. The van der Waals surface area contributed by atoms with Crippen molar-refractivity contribution in [1.29, 1.82) is 0 Å². The van der Waals surface area contributed by atoms with E-state index in [1.807, 2.05) is 0 Å². The number of nitrogens with zero attached hydrogens (tertiary/aromatic N) is 1. The molecule has 0 bridgehead atoms. The minimum Gasteiger partial charge on any atom is -0.456 e. The molecule has 3 N–H and O–H groups in total. The van der Waals surface area contributed by atoms with Crippen LogP contribution in [0.2, 0.25) is 5.02 Å². The first-order valence-corrected chi connectivity index (χ1v) is 9.26. The Bertz CT molecular complexity index is 1220. The van der Waals surface area contributed by atoms with Crippen LogP contribution < -0.4 is 15.8 Å². The van der Waals surface area contributed by atoms with Gasteiger partial charge in [0.2, 0.25) is 0 Å². The van der Waals surface area contributed by atoms with Gasteiger partial charge in [-0.1, -0.05) is 11.6 Å². The largest absolute Gasteiger partial charge is 0.456 e. The van der Waals surface area contributed by atoms with Gasteiger partial charge in [-0.3, -0.25) is 14.6 Å². The number of amides is 2. The van der Waals surface area contributed by atoms with E-state index < -0.39 is 40.7 Å². The van der Waals surface area contributed by atoms with E-state index in [0.29, 0.717) is 16.7 Å². The number of carbonyl (C=O) groups is 2. The van der Waals surface area contributed by atoms with E-state index in [9.17, 15) is 27.2 Å². The minimum absolute atomic E-state index is 0.0377. The molecule has 0 saturated carbocycles. The number of carbonyl (C=O) groups excluding carboxylic acids is 2. The van der Waals surface area contributed by atoms with Gasteiger partial charge in [0.25, 0.3) is 11.8 Å². The van der Waals surface area contributed by atoms with E-state index >= 15 is 0 Å². The van der Waals surface area contributed by atoms with Crippen molar-refractivity contribution in [3.63, 3.8) is 0 Å². The second-order valence-electron chi connectivity index (χ2n) is 6.56. The normalized spacial score (nSPS) is 11.2. The molecule has 3 aromatic rings. The fraction of sp³-hybridized carbons (Fsp3) is 0.0952. The van der Waals surface area contributed by atoms with E-state index in [1.165, 1.54) is 24.3 Å². The number of aryl methyl sites for hydroxylation is 1. The molecular formula is C21H14ClF4N3O3. The summed E-state index contributed by atoms with van der Waals surface area (Å²) >= 11 is 5.88. The lowest BCUT2D eigenvalue weighted by Gasteiger charge is -2.17. The zero-order chi connectivity index (χ0) is 23.6. The molecule has 0 aliphatic carbocycles. The maximum Gasteiger partial charge on any atom is 0.419 e. The molecule has 1 aromatic heterocycles. The Morgan fingerprint density at radius 3 is 2.41 bits per heavy atom. The average Bonchev–Trinajstić information content (AvgIpc) is 2.69. The summed E-state index contributed by atoms with van der Waals surface area (Å²) in [5.74, 6) is -4.25. The monoisotopic (exact) mass is 467 g/mol. The molecule has 2 aromatic carbocycles. The highest BCUT2D eigenvalue weighted by Crippen LogP contribution is 2.38. The highest BCUT2D eigenvalue weighted by Gasteiger charge is 2.37. The maximum atomic E-state index is 14.9. The molecule has 0 radical (unpaired) electrons. The van der Waals surface area contributed by atoms with Crippen LogP contribution in [0.4, 0.5) is 23.2 Å². The number of pyridine rings is 1. The van der Waals surface area contributed by atoms with Crippen molar-refractivity contribution in [3.05, 3.63) is 81.9 Å². The van der Waals surface area contributed by atoms with Crippen LogP contribution in [0, 0.1) is 12.7 Å². The number of nitrogens with one attached hydrogen (secondary N) is 1. The summed E-state index contributed by atoms with van der Waals surface area (Å²) < 4.78 is 60.2. The number of rotatable bonds is 5. The molecule has 0 spiro atoms. The van der Waals surface area contributed by atoms with Gasteiger partial charge in [0, 0.05) is 16.9 Å². The molecule has 2 amide bonds. The number of alkyl halides is 3. The summed E-state index contributed by atoms with van der Waals surface area (Å²) in [6.07, 6.45) is -3.91. The van der Waals surface area contributed by atoms with Gasteiger partial charge in [-0.2, -0.15) is 13.2 Å². The van der Waals surface area contributed by atoms with Crippen molar-refractivity contribution in [2.24, 2.45) is 5.73 Å². The number of nitrogens with two attached hydrogens (primary N) is 1. The van der Waals surface area contributed by atoms with Crippen LogP contribution in [0.5, 0.6) is 11.5 Å². The van der Waals surface area contributed by atoms with Gasteiger partial charge in [0.05, 0.1) is 5.56 Å². The van der Waals surface area contributed by atoms with Gasteiger partial charge < -0.3 is 15.8 Å². The van der Waals surface area contributed by atoms with E-state index in [4.69, 9.17) is 22.1 Å². The second-order valence-corrected chi connectivity index (χ2v) is 6.99. The van der Waals surface area contributed by atoms with E-state index in [1.54, 1.807) is 6.92 Å². The lowest BCUT2D eigenvalue weighted by atomic mass is 10.1. The van der Waals surface area contributed by atoms with Gasteiger partial charge in [-0.15, -0.1) is 0 Å². The van der Waals surface area contributed by atoms with Crippen LogP contribution in [0.15, 0.2) is 48.7 Å². The van der Waals surface area contributed by atoms with Crippen LogP contribution in [-0.2, 0) is 6.18 Å². The summed E-state index contributed by atoms with van der Waals surface area (Å²) in [4.78, 5) is 27.7. The smallest absolute Gasteiger partial charge is 0.419 e. The Balaban J connectivity index is 2.07. The van der Waals surface area contributed by atoms with Crippen molar-refractivity contribution in [2.75, 3.05) is 5.32 Å². The molecule has 0 aliphatic heterocycles. The SMILES string of the molecule is Cc1cc(Cl)ccc1Oc1ccc(C(F)(F)F)c(F)c1C(=O)Nc1ccnc(C(N)=O)c1. The Labute approximate surface area is 184 Å². The first-order valence-electron chi connectivity index (χ1n) is 8.88. The van der Waals surface area contributed by atoms with Crippen molar-refractivity contribution < 1.29 is 31.9 Å². The van der Waals surface area contributed by atoms with Crippen molar-refractivity contribution in [1.82, 2.24) is 4.98 Å². The Hall–Kier alpha value is -3.66. The first-order chi connectivity index (χ1) is 15.0. The molecule has 1 heterocycles. The highest BCUT2D eigenvalue weighted by atomic mass is 35.5. The Kier molecular flexibility index (Phi) is 6.35. The molecule has 32 heavy (non-hydrogen) atoms. The van der Waals surface area contributed by atoms with Crippen LogP contribution in [0.3, 0.4) is 0 Å². The summed E-state index contributed by atoms with van der Waals surface area (Å²) in [5, 5.41) is 2.61. The fourth-order valence-electron chi connectivity index (χ4n) is 2.76. The maximum absolute atomic E-state index is 14.9. The topological polar surface area (TPSA) is 94.3 Å². The standard InChI is InChI=1S/C21H14ClF4N3O3/c1-10-8-11(22)2-4-15(10)32-16-5-3-13(21(24,25)26)18(23)17(16)20(31)29-12-6-7-28-14(9-12)19(27)30/h2-9H,1H3,(H2,27,30)(H,28,29,31). The zero-order valence-electron chi connectivity index (χ0n) is 16.3.